The van der Waals surface area contributed by atoms with Crippen molar-refractivity contribution in [1.29, 1.82) is 0 Å². The average molecular weight is 316 g/mol. The van der Waals surface area contributed by atoms with Crippen LogP contribution in [0.1, 0.15) is 0 Å². The lowest BCUT2D eigenvalue weighted by Gasteiger charge is -2.20. The smallest absolute Gasteiger partial charge is 0.271 e. The number of non-ortho nitro benzene ring substituents is 1. The van der Waals surface area contributed by atoms with Gasteiger partial charge in [-0.2, -0.15) is 4.31 Å². The number of rotatable bonds is 7. The van der Waals surface area contributed by atoms with Gasteiger partial charge < -0.3 is 10.2 Å². The molecule has 0 unspecified atom stereocenters. The van der Waals surface area contributed by atoms with Crippen LogP contribution in [0.4, 0.5) is 11.4 Å². The fraction of sp³-hybridized carbons (Fsp3) is 0.500. The maximum absolute atomic E-state index is 12.5. The lowest BCUT2D eigenvalue weighted by molar-refractivity contribution is -0.384. The standard InChI is InChI=1S/C12H20N4O4S/c1-13-11-9-10(16(17)18)5-6-12(11)21(19,20)15(4)8-7-14(2)3/h5-6,9,13H,7-8H2,1-4H3. The van der Waals surface area contributed by atoms with Gasteiger partial charge in [0.2, 0.25) is 10.0 Å². The van der Waals surface area contributed by atoms with E-state index in [1.165, 1.54) is 36.6 Å². The van der Waals surface area contributed by atoms with Gasteiger partial charge in [-0.15, -0.1) is 0 Å². The molecule has 9 heteroatoms. The maximum atomic E-state index is 12.5. The lowest BCUT2D eigenvalue weighted by atomic mass is 10.3. The van der Waals surface area contributed by atoms with Crippen LogP contribution < -0.4 is 5.32 Å². The zero-order valence-corrected chi connectivity index (χ0v) is 13.3. The molecule has 8 nitrogen and oxygen atoms in total. The number of nitrogens with one attached hydrogen (secondary N) is 1. The molecule has 0 aliphatic rings. The Hall–Kier alpha value is -1.71. The summed E-state index contributed by atoms with van der Waals surface area (Å²) in [6, 6.07) is 3.66. The molecule has 1 aromatic carbocycles. The van der Waals surface area contributed by atoms with Crippen LogP contribution in [0.2, 0.25) is 0 Å². The fourth-order valence-corrected chi connectivity index (χ4v) is 3.02. The highest BCUT2D eigenvalue weighted by molar-refractivity contribution is 7.89. The van der Waals surface area contributed by atoms with E-state index in [1.807, 2.05) is 19.0 Å². The molecular weight excluding hydrogens is 296 g/mol. The summed E-state index contributed by atoms with van der Waals surface area (Å²) in [5, 5.41) is 13.4. The third kappa shape index (κ3) is 4.13. The molecule has 21 heavy (non-hydrogen) atoms. The zero-order chi connectivity index (χ0) is 16.2. The van der Waals surface area contributed by atoms with E-state index in [0.717, 1.165) is 0 Å². The molecule has 0 atom stereocenters. The molecule has 0 saturated carbocycles. The molecule has 1 N–H and O–H groups in total. The van der Waals surface area contributed by atoms with Crippen LogP contribution in [-0.4, -0.2) is 63.8 Å². The van der Waals surface area contributed by atoms with Gasteiger partial charge in [0.05, 0.1) is 10.6 Å². The summed E-state index contributed by atoms with van der Waals surface area (Å²) >= 11 is 0. The Morgan fingerprint density at radius 3 is 2.33 bits per heavy atom. The van der Waals surface area contributed by atoms with Crippen molar-refractivity contribution in [3.63, 3.8) is 0 Å². The van der Waals surface area contributed by atoms with Crippen LogP contribution in [0.5, 0.6) is 0 Å². The highest BCUT2D eigenvalue weighted by Gasteiger charge is 2.25. The largest absolute Gasteiger partial charge is 0.387 e. The van der Waals surface area contributed by atoms with Gasteiger partial charge in [0, 0.05) is 39.3 Å². The number of nitrogens with zero attached hydrogens (tertiary/aromatic N) is 3. The summed E-state index contributed by atoms with van der Waals surface area (Å²) < 4.78 is 26.2. The minimum Gasteiger partial charge on any atom is -0.387 e. The molecule has 0 aromatic heterocycles. The summed E-state index contributed by atoms with van der Waals surface area (Å²) in [4.78, 5) is 12.1. The SMILES string of the molecule is CNc1cc([N+](=O)[O-])ccc1S(=O)(=O)N(C)CCN(C)C. The van der Waals surface area contributed by atoms with Crippen LogP contribution in [0.3, 0.4) is 0 Å². The van der Waals surface area contributed by atoms with Crippen LogP contribution in [0, 0.1) is 10.1 Å². The van der Waals surface area contributed by atoms with E-state index in [-0.39, 0.29) is 16.3 Å². The van der Waals surface area contributed by atoms with E-state index in [9.17, 15) is 18.5 Å². The average Bonchev–Trinajstić information content (AvgIpc) is 2.43. The topological polar surface area (TPSA) is 95.8 Å². The Balaban J connectivity index is 3.16. The number of anilines is 1. The Morgan fingerprint density at radius 1 is 1.24 bits per heavy atom. The Bertz CT molecular complexity index is 616. The monoisotopic (exact) mass is 316 g/mol. The Morgan fingerprint density at radius 2 is 1.86 bits per heavy atom. The normalized spacial score (nSPS) is 11.9. The van der Waals surface area contributed by atoms with E-state index in [4.69, 9.17) is 0 Å². The van der Waals surface area contributed by atoms with Crippen molar-refractivity contribution in [2.24, 2.45) is 0 Å². The molecule has 0 aliphatic heterocycles. The number of sulfonamides is 1. The van der Waals surface area contributed by atoms with Crippen LogP contribution >= 0.6 is 0 Å². The summed E-state index contributed by atoms with van der Waals surface area (Å²) in [6.45, 7) is 0.910. The van der Waals surface area contributed by atoms with Crippen molar-refractivity contribution in [3.05, 3.63) is 28.3 Å². The number of nitro benzene ring substituents is 1. The number of likely N-dealkylation sites (N-methyl/N-ethyl adjacent to an activating group) is 2. The number of nitro groups is 1. The first-order chi connectivity index (χ1) is 9.70. The summed E-state index contributed by atoms with van der Waals surface area (Å²) in [6.07, 6.45) is 0. The number of hydrogen-bond donors (Lipinski definition) is 1. The molecule has 1 rings (SSSR count). The molecule has 0 aliphatic carbocycles. The first kappa shape index (κ1) is 17.3. The number of hydrogen-bond acceptors (Lipinski definition) is 6. The first-order valence-corrected chi connectivity index (χ1v) is 7.71. The lowest BCUT2D eigenvalue weighted by Crippen LogP contribution is -2.33. The van der Waals surface area contributed by atoms with E-state index >= 15 is 0 Å². The van der Waals surface area contributed by atoms with E-state index in [1.54, 1.807) is 0 Å². The van der Waals surface area contributed by atoms with Crippen LogP contribution in [0.15, 0.2) is 23.1 Å². The second-order valence-electron chi connectivity index (χ2n) is 4.82. The molecule has 0 radical (unpaired) electrons. The fourth-order valence-electron chi connectivity index (χ4n) is 1.68. The molecule has 118 valence electrons. The molecule has 0 bridgehead atoms. The second kappa shape index (κ2) is 6.83. The first-order valence-electron chi connectivity index (χ1n) is 6.27. The van der Waals surface area contributed by atoms with Crippen molar-refractivity contribution < 1.29 is 13.3 Å². The third-order valence-corrected chi connectivity index (χ3v) is 4.91. The Kier molecular flexibility index (Phi) is 5.64. The van der Waals surface area contributed by atoms with Crippen LogP contribution in [-0.2, 0) is 10.0 Å². The van der Waals surface area contributed by atoms with Crippen LogP contribution in [0.25, 0.3) is 0 Å². The van der Waals surface area contributed by atoms with Gasteiger partial charge in [0.25, 0.3) is 5.69 Å². The molecule has 0 spiro atoms. The van der Waals surface area contributed by atoms with Gasteiger partial charge in [0.15, 0.2) is 0 Å². The van der Waals surface area contributed by atoms with Crippen molar-refractivity contribution in [2.45, 2.75) is 4.90 Å². The quantitative estimate of drug-likeness (QED) is 0.591. The highest BCUT2D eigenvalue weighted by atomic mass is 32.2. The number of benzene rings is 1. The molecule has 0 heterocycles. The predicted octanol–water partition coefficient (Wildman–Crippen LogP) is 0.819. The predicted molar refractivity (Wildman–Crippen MR) is 81.0 cm³/mol. The van der Waals surface area contributed by atoms with Crippen molar-refractivity contribution in [1.82, 2.24) is 9.21 Å². The van der Waals surface area contributed by atoms with E-state index in [2.05, 4.69) is 5.32 Å². The van der Waals surface area contributed by atoms with Crippen molar-refractivity contribution >= 4 is 21.4 Å². The molecule has 0 amide bonds. The molecular formula is C12H20N4O4S. The van der Waals surface area contributed by atoms with Gasteiger partial charge in [-0.05, 0) is 20.2 Å². The molecule has 1 aromatic rings. The van der Waals surface area contributed by atoms with E-state index in [0.29, 0.717) is 13.1 Å². The Labute approximate surface area is 124 Å². The minimum atomic E-state index is -3.70. The summed E-state index contributed by atoms with van der Waals surface area (Å²) in [5.41, 5.74) is 0.0511. The van der Waals surface area contributed by atoms with Gasteiger partial charge in [-0.3, -0.25) is 10.1 Å². The highest BCUT2D eigenvalue weighted by Crippen LogP contribution is 2.27. The zero-order valence-electron chi connectivity index (χ0n) is 12.5. The van der Waals surface area contributed by atoms with Gasteiger partial charge in [-0.1, -0.05) is 0 Å². The van der Waals surface area contributed by atoms with Gasteiger partial charge in [0.1, 0.15) is 4.90 Å². The summed E-state index contributed by atoms with van der Waals surface area (Å²) in [7, 11) is 3.02. The second-order valence-corrected chi connectivity index (χ2v) is 6.83. The van der Waals surface area contributed by atoms with Crippen molar-refractivity contribution in [2.75, 3.05) is 46.6 Å². The van der Waals surface area contributed by atoms with Gasteiger partial charge in [-0.25, -0.2) is 8.42 Å². The van der Waals surface area contributed by atoms with Gasteiger partial charge >= 0.3 is 0 Å². The minimum absolute atomic E-state index is 0.0249. The van der Waals surface area contributed by atoms with Crippen molar-refractivity contribution in [3.8, 4) is 0 Å². The molecule has 0 fully saturated rings. The molecule has 0 saturated heterocycles. The maximum Gasteiger partial charge on any atom is 0.271 e. The third-order valence-electron chi connectivity index (χ3n) is 2.99. The van der Waals surface area contributed by atoms with E-state index < -0.39 is 14.9 Å². The summed E-state index contributed by atoms with van der Waals surface area (Å²) in [5.74, 6) is 0.